The number of carbonyl (C=O) groups excluding carboxylic acids is 2. The van der Waals surface area contributed by atoms with Gasteiger partial charge in [0.25, 0.3) is 0 Å². The van der Waals surface area contributed by atoms with Gasteiger partial charge < -0.3 is 19.4 Å². The zero-order valence-electron chi connectivity index (χ0n) is 18.7. The van der Waals surface area contributed by atoms with Gasteiger partial charge in [0, 0.05) is 12.1 Å². The van der Waals surface area contributed by atoms with Crippen LogP contribution in [0.1, 0.15) is 49.2 Å². The predicted molar refractivity (Wildman–Crippen MR) is 126 cm³/mol. The molecular weight excluding hydrogens is 429 g/mol. The van der Waals surface area contributed by atoms with E-state index in [4.69, 9.17) is 25.6 Å². The van der Waals surface area contributed by atoms with Gasteiger partial charge in [0.1, 0.15) is 6.61 Å². The van der Waals surface area contributed by atoms with Crippen LogP contribution in [0.15, 0.2) is 54.0 Å². The molecule has 0 bridgehead atoms. The van der Waals surface area contributed by atoms with Crippen molar-refractivity contribution in [3.63, 3.8) is 0 Å². The van der Waals surface area contributed by atoms with Crippen molar-refractivity contribution in [1.82, 2.24) is 5.32 Å². The molecule has 2 aromatic rings. The Labute approximate surface area is 194 Å². The van der Waals surface area contributed by atoms with E-state index in [0.717, 1.165) is 5.56 Å². The molecule has 2 aromatic carbocycles. The van der Waals surface area contributed by atoms with Crippen LogP contribution in [0.5, 0.6) is 0 Å². The highest BCUT2D eigenvalue weighted by atomic mass is 35.5. The van der Waals surface area contributed by atoms with E-state index in [-0.39, 0.29) is 13.2 Å². The van der Waals surface area contributed by atoms with Crippen LogP contribution in [-0.4, -0.2) is 37.2 Å². The molecule has 0 radical (unpaired) electrons. The minimum atomic E-state index is -0.715. The molecule has 0 aromatic heterocycles. The van der Waals surface area contributed by atoms with E-state index in [0.29, 0.717) is 27.9 Å². The number of rotatable bonds is 7. The minimum absolute atomic E-state index is 0.106. The van der Waals surface area contributed by atoms with Gasteiger partial charge in [-0.05, 0) is 50.4 Å². The van der Waals surface area contributed by atoms with E-state index >= 15 is 0 Å². The van der Waals surface area contributed by atoms with Gasteiger partial charge in [0.05, 0.1) is 16.2 Å². The largest absolute Gasteiger partial charge is 0.492 e. The fraction of sp³-hybridized carbons (Fsp3) is 0.333. The lowest BCUT2D eigenvalue weighted by atomic mass is 9.76. The van der Waals surface area contributed by atoms with Crippen LogP contribution < -0.4 is 5.32 Å². The molecule has 0 atom stereocenters. The van der Waals surface area contributed by atoms with Gasteiger partial charge in [-0.1, -0.05) is 60.1 Å². The molecule has 0 spiro atoms. The van der Waals surface area contributed by atoms with E-state index in [2.05, 4.69) is 5.32 Å². The van der Waals surface area contributed by atoms with Crippen LogP contribution >= 0.6 is 11.6 Å². The zero-order chi connectivity index (χ0) is 23.4. The molecule has 8 heteroatoms. The predicted octanol–water partition coefficient (Wildman–Crippen LogP) is 5.09. The Morgan fingerprint density at radius 1 is 1.06 bits per heavy atom. The lowest BCUT2D eigenvalue weighted by molar-refractivity contribution is 0.00578. The van der Waals surface area contributed by atoms with Crippen LogP contribution in [0.25, 0.3) is 6.08 Å². The van der Waals surface area contributed by atoms with Gasteiger partial charge in [-0.3, -0.25) is 4.79 Å². The van der Waals surface area contributed by atoms with Crippen molar-refractivity contribution < 1.29 is 23.6 Å². The van der Waals surface area contributed by atoms with Crippen molar-refractivity contribution in [2.24, 2.45) is 0 Å². The van der Waals surface area contributed by atoms with Crippen molar-refractivity contribution >= 4 is 37.2 Å². The van der Waals surface area contributed by atoms with Crippen LogP contribution in [0, 0.1) is 0 Å². The molecular formula is C24H27BClNO5. The van der Waals surface area contributed by atoms with E-state index in [1.54, 1.807) is 24.3 Å². The fourth-order valence-corrected chi connectivity index (χ4v) is 3.38. The molecule has 1 saturated heterocycles. The summed E-state index contributed by atoms with van der Waals surface area (Å²) in [6.07, 6.45) is 1.89. The lowest BCUT2D eigenvalue weighted by Crippen LogP contribution is -2.41. The molecule has 1 aliphatic heterocycles. The van der Waals surface area contributed by atoms with Crippen LogP contribution in [0.2, 0.25) is 5.02 Å². The lowest BCUT2D eigenvalue weighted by Gasteiger charge is -2.32. The number of amides is 1. The van der Waals surface area contributed by atoms with E-state index in [9.17, 15) is 9.59 Å². The number of halogens is 1. The average Bonchev–Trinajstić information content (AvgIpc) is 2.97. The second kappa shape index (κ2) is 9.90. The smallest absolute Gasteiger partial charge is 0.445 e. The Morgan fingerprint density at radius 3 is 2.34 bits per heavy atom. The number of carbonyl (C=O) groups is 2. The van der Waals surface area contributed by atoms with E-state index < -0.39 is 24.4 Å². The van der Waals surface area contributed by atoms with Gasteiger partial charge in [-0.15, -0.1) is 0 Å². The third kappa shape index (κ3) is 5.60. The molecule has 1 heterocycles. The molecule has 6 nitrogen and oxygen atoms in total. The molecule has 1 amide bonds. The molecule has 1 fully saturated rings. The molecule has 0 saturated carbocycles. The summed E-state index contributed by atoms with van der Waals surface area (Å²) < 4.78 is 17.6. The second-order valence-electron chi connectivity index (χ2n) is 8.58. The van der Waals surface area contributed by atoms with Crippen LogP contribution in [0.3, 0.4) is 0 Å². The molecule has 1 aliphatic rings. The molecule has 0 aliphatic carbocycles. The SMILES string of the molecule is CC1(C)OB(C(=Cc2cccc(Cl)c2C=O)CNC(=O)OCc2ccccc2)OC1(C)C. The van der Waals surface area contributed by atoms with Gasteiger partial charge in [-0.2, -0.15) is 0 Å². The normalized spacial score (nSPS) is 17.2. The van der Waals surface area contributed by atoms with Crippen LogP contribution in [-0.2, 0) is 20.7 Å². The summed E-state index contributed by atoms with van der Waals surface area (Å²) in [6.45, 7) is 8.05. The Kier molecular flexibility index (Phi) is 7.44. The monoisotopic (exact) mass is 455 g/mol. The molecule has 32 heavy (non-hydrogen) atoms. The first-order valence-electron chi connectivity index (χ1n) is 10.4. The number of nitrogens with one attached hydrogen (secondary N) is 1. The number of hydrogen-bond donors (Lipinski definition) is 1. The summed E-state index contributed by atoms with van der Waals surface area (Å²) in [5.41, 5.74) is 1.36. The summed E-state index contributed by atoms with van der Waals surface area (Å²) in [5, 5.41) is 3.09. The summed E-state index contributed by atoms with van der Waals surface area (Å²) >= 11 is 6.18. The topological polar surface area (TPSA) is 73.9 Å². The Hall–Kier alpha value is -2.61. The third-order valence-corrected chi connectivity index (χ3v) is 6.08. The Morgan fingerprint density at radius 2 is 1.72 bits per heavy atom. The molecule has 168 valence electrons. The highest BCUT2D eigenvalue weighted by molar-refractivity contribution is 6.56. The number of aldehydes is 1. The Balaban J connectivity index is 1.79. The van der Waals surface area contributed by atoms with Crippen LogP contribution in [0.4, 0.5) is 4.79 Å². The van der Waals surface area contributed by atoms with Crippen molar-refractivity contribution in [2.75, 3.05) is 6.54 Å². The first kappa shape index (κ1) is 24.0. The molecule has 0 unspecified atom stereocenters. The van der Waals surface area contributed by atoms with Crippen molar-refractivity contribution in [3.8, 4) is 0 Å². The van der Waals surface area contributed by atoms with Crippen molar-refractivity contribution in [2.45, 2.75) is 45.5 Å². The van der Waals surface area contributed by atoms with E-state index in [1.807, 2.05) is 58.0 Å². The first-order chi connectivity index (χ1) is 15.1. The molecule has 3 rings (SSSR count). The van der Waals surface area contributed by atoms with E-state index in [1.165, 1.54) is 0 Å². The summed E-state index contributed by atoms with van der Waals surface area (Å²) in [7, 11) is -0.715. The molecule has 1 N–H and O–H groups in total. The summed E-state index contributed by atoms with van der Waals surface area (Å²) in [6, 6.07) is 14.6. The number of benzene rings is 2. The zero-order valence-corrected chi connectivity index (χ0v) is 19.4. The van der Waals surface area contributed by atoms with Crippen molar-refractivity contribution in [3.05, 3.63) is 75.7 Å². The maximum Gasteiger partial charge on any atom is 0.492 e. The summed E-state index contributed by atoms with van der Waals surface area (Å²) in [5.74, 6) is 0. The number of hydrogen-bond acceptors (Lipinski definition) is 5. The highest BCUT2D eigenvalue weighted by Gasteiger charge is 2.52. The number of alkyl carbamates (subject to hydrolysis) is 1. The van der Waals surface area contributed by atoms with Gasteiger partial charge >= 0.3 is 13.2 Å². The summed E-state index contributed by atoms with van der Waals surface area (Å²) in [4.78, 5) is 23.9. The van der Waals surface area contributed by atoms with Gasteiger partial charge in [0.15, 0.2) is 6.29 Å². The quantitative estimate of drug-likeness (QED) is 0.465. The average molecular weight is 456 g/mol. The third-order valence-electron chi connectivity index (χ3n) is 5.75. The first-order valence-corrected chi connectivity index (χ1v) is 10.7. The van der Waals surface area contributed by atoms with Gasteiger partial charge in [-0.25, -0.2) is 4.79 Å². The van der Waals surface area contributed by atoms with Crippen molar-refractivity contribution in [1.29, 1.82) is 0 Å². The maximum absolute atomic E-state index is 12.3. The maximum atomic E-state index is 12.3. The number of ether oxygens (including phenoxy) is 1. The second-order valence-corrected chi connectivity index (χ2v) is 8.99. The standard InChI is InChI=1S/C24H27BClNO5/c1-23(2)24(3,4)32-25(31-23)19(13-18-11-8-12-21(26)20(18)15-28)14-27-22(29)30-16-17-9-6-5-7-10-17/h5-13,15H,14,16H2,1-4H3,(H,27,29). The Bertz CT molecular complexity index is 991. The highest BCUT2D eigenvalue weighted by Crippen LogP contribution is 2.39. The minimum Gasteiger partial charge on any atom is -0.445 e. The van der Waals surface area contributed by atoms with Gasteiger partial charge in [0.2, 0.25) is 0 Å². The fourth-order valence-electron chi connectivity index (χ4n) is 3.15.